The number of piperidine rings is 1. The van der Waals surface area contributed by atoms with Gasteiger partial charge in [-0.2, -0.15) is 0 Å². The van der Waals surface area contributed by atoms with Gasteiger partial charge in [-0.25, -0.2) is 0 Å². The number of pyridine rings is 1. The largest absolute Gasteiger partial charge is 0.376 e. The summed E-state index contributed by atoms with van der Waals surface area (Å²) in [4.78, 5) is 19.8. The summed E-state index contributed by atoms with van der Waals surface area (Å²) in [7, 11) is 0. The number of nitrogens with zero attached hydrogens (tertiary/aromatic N) is 2. The zero-order chi connectivity index (χ0) is 20.5. The Hall–Kier alpha value is -2.21. The number of rotatable bonds is 9. The van der Waals surface area contributed by atoms with Crippen LogP contribution in [0.15, 0.2) is 61.3 Å². The van der Waals surface area contributed by atoms with Crippen LogP contribution in [-0.2, 0) is 9.53 Å². The SMILES string of the molecule is C=CCOCCN1CCC(C(=O)NC(c2ccc(Cl)cc2)c2ccccn2)CC1. The average molecular weight is 414 g/mol. The molecule has 1 aromatic carbocycles. The number of likely N-dealkylation sites (tertiary alicyclic amines) is 1. The molecule has 0 spiro atoms. The Bertz CT molecular complexity index is 774. The van der Waals surface area contributed by atoms with E-state index in [1.54, 1.807) is 12.3 Å². The zero-order valence-corrected chi connectivity index (χ0v) is 17.4. The molecule has 1 amide bonds. The van der Waals surface area contributed by atoms with E-state index in [0.717, 1.165) is 43.7 Å². The number of amides is 1. The van der Waals surface area contributed by atoms with Gasteiger partial charge in [0.1, 0.15) is 0 Å². The van der Waals surface area contributed by atoms with E-state index in [4.69, 9.17) is 16.3 Å². The molecule has 1 unspecified atom stereocenters. The van der Waals surface area contributed by atoms with Gasteiger partial charge in [-0.1, -0.05) is 35.9 Å². The first-order valence-electron chi connectivity index (χ1n) is 10.0. The summed E-state index contributed by atoms with van der Waals surface area (Å²) >= 11 is 6.04. The van der Waals surface area contributed by atoms with Crippen molar-refractivity contribution in [1.29, 1.82) is 0 Å². The fraction of sp³-hybridized carbons (Fsp3) is 0.391. The lowest BCUT2D eigenvalue weighted by molar-refractivity contribution is -0.127. The predicted octanol–water partition coefficient (Wildman–Crippen LogP) is 3.86. The van der Waals surface area contributed by atoms with Crippen LogP contribution in [0, 0.1) is 5.92 Å². The molecule has 1 atom stereocenters. The highest BCUT2D eigenvalue weighted by atomic mass is 35.5. The number of hydrogen-bond donors (Lipinski definition) is 1. The smallest absolute Gasteiger partial charge is 0.224 e. The molecule has 0 aliphatic carbocycles. The van der Waals surface area contributed by atoms with Crippen molar-refractivity contribution < 1.29 is 9.53 Å². The number of ether oxygens (including phenoxy) is 1. The molecule has 5 nitrogen and oxygen atoms in total. The first-order chi connectivity index (χ1) is 14.2. The van der Waals surface area contributed by atoms with Crippen molar-refractivity contribution in [2.45, 2.75) is 18.9 Å². The van der Waals surface area contributed by atoms with E-state index in [2.05, 4.69) is 21.8 Å². The molecule has 1 aliphatic heterocycles. The highest BCUT2D eigenvalue weighted by molar-refractivity contribution is 6.30. The van der Waals surface area contributed by atoms with E-state index in [0.29, 0.717) is 18.2 Å². The molecule has 2 heterocycles. The summed E-state index contributed by atoms with van der Waals surface area (Å²) in [5.41, 5.74) is 1.79. The molecule has 3 rings (SSSR count). The number of carbonyl (C=O) groups excluding carboxylic acids is 1. The van der Waals surface area contributed by atoms with Gasteiger partial charge in [0.05, 0.1) is 24.9 Å². The molecule has 154 valence electrons. The van der Waals surface area contributed by atoms with Crippen LogP contribution in [0.2, 0.25) is 5.02 Å². The maximum atomic E-state index is 13.0. The third-order valence-electron chi connectivity index (χ3n) is 5.22. The van der Waals surface area contributed by atoms with Gasteiger partial charge in [0, 0.05) is 23.7 Å². The summed E-state index contributed by atoms with van der Waals surface area (Å²) in [6.45, 7) is 7.64. The van der Waals surface area contributed by atoms with Crippen LogP contribution in [0.3, 0.4) is 0 Å². The van der Waals surface area contributed by atoms with E-state index < -0.39 is 0 Å². The Balaban J connectivity index is 1.59. The zero-order valence-electron chi connectivity index (χ0n) is 16.6. The Morgan fingerprint density at radius 1 is 1.28 bits per heavy atom. The van der Waals surface area contributed by atoms with Crippen LogP contribution < -0.4 is 5.32 Å². The maximum Gasteiger partial charge on any atom is 0.224 e. The Labute approximate surface area is 177 Å². The number of benzene rings is 1. The van der Waals surface area contributed by atoms with Crippen molar-refractivity contribution in [2.75, 3.05) is 32.8 Å². The second-order valence-corrected chi connectivity index (χ2v) is 7.66. The molecule has 2 aromatic rings. The van der Waals surface area contributed by atoms with Crippen LogP contribution in [0.1, 0.15) is 30.1 Å². The lowest BCUT2D eigenvalue weighted by atomic mass is 9.94. The first kappa shape index (κ1) is 21.5. The Morgan fingerprint density at radius 2 is 2.03 bits per heavy atom. The molecule has 1 N–H and O–H groups in total. The van der Waals surface area contributed by atoms with Crippen molar-refractivity contribution in [3.8, 4) is 0 Å². The van der Waals surface area contributed by atoms with Crippen LogP contribution in [0.25, 0.3) is 0 Å². The van der Waals surface area contributed by atoms with Gasteiger partial charge in [-0.05, 0) is 55.8 Å². The molecule has 1 saturated heterocycles. The number of halogens is 1. The Morgan fingerprint density at radius 3 is 2.69 bits per heavy atom. The van der Waals surface area contributed by atoms with Gasteiger partial charge in [-0.3, -0.25) is 9.78 Å². The van der Waals surface area contributed by atoms with Crippen LogP contribution in [-0.4, -0.2) is 48.6 Å². The Kier molecular flexibility index (Phi) is 8.23. The van der Waals surface area contributed by atoms with Crippen LogP contribution in [0.4, 0.5) is 0 Å². The summed E-state index contributed by atoms with van der Waals surface area (Å²) in [6.07, 6.45) is 5.21. The molecule has 0 radical (unpaired) electrons. The molecular formula is C23H28ClN3O2. The van der Waals surface area contributed by atoms with Gasteiger partial charge in [0.2, 0.25) is 5.91 Å². The third-order valence-corrected chi connectivity index (χ3v) is 5.47. The number of hydrogen-bond acceptors (Lipinski definition) is 4. The lowest BCUT2D eigenvalue weighted by Crippen LogP contribution is -2.42. The standard InChI is InChI=1S/C23H28ClN3O2/c1-2-16-29-17-15-27-13-10-19(11-14-27)23(28)26-22(21-5-3-4-12-25-21)18-6-8-20(24)9-7-18/h2-9,12,19,22H,1,10-11,13-17H2,(H,26,28). The van der Waals surface area contributed by atoms with Crippen LogP contribution in [0.5, 0.6) is 0 Å². The van der Waals surface area contributed by atoms with Gasteiger partial charge >= 0.3 is 0 Å². The summed E-state index contributed by atoms with van der Waals surface area (Å²) < 4.78 is 5.46. The van der Waals surface area contributed by atoms with Crippen molar-refractivity contribution in [3.63, 3.8) is 0 Å². The summed E-state index contributed by atoms with van der Waals surface area (Å²) in [6, 6.07) is 13.0. The number of aromatic nitrogens is 1. The van der Waals surface area contributed by atoms with E-state index in [9.17, 15) is 4.79 Å². The van der Waals surface area contributed by atoms with Gasteiger partial charge in [-0.15, -0.1) is 6.58 Å². The quantitative estimate of drug-likeness (QED) is 0.501. The lowest BCUT2D eigenvalue weighted by Gasteiger charge is -2.32. The summed E-state index contributed by atoms with van der Waals surface area (Å²) in [5, 5.41) is 3.89. The normalized spacial score (nSPS) is 16.3. The number of carbonyl (C=O) groups is 1. The average Bonchev–Trinajstić information content (AvgIpc) is 2.77. The molecule has 1 fully saturated rings. The van der Waals surface area contributed by atoms with E-state index in [1.807, 2.05) is 42.5 Å². The van der Waals surface area contributed by atoms with Crippen molar-refractivity contribution in [3.05, 3.63) is 77.6 Å². The third kappa shape index (κ3) is 6.39. The topological polar surface area (TPSA) is 54.5 Å². The van der Waals surface area contributed by atoms with E-state index in [1.165, 1.54) is 0 Å². The minimum Gasteiger partial charge on any atom is -0.376 e. The fourth-order valence-electron chi connectivity index (χ4n) is 3.57. The summed E-state index contributed by atoms with van der Waals surface area (Å²) in [5.74, 6) is 0.0945. The molecule has 1 aliphatic rings. The molecule has 0 bridgehead atoms. The van der Waals surface area contributed by atoms with Crippen molar-refractivity contribution in [1.82, 2.24) is 15.2 Å². The van der Waals surface area contributed by atoms with Crippen molar-refractivity contribution >= 4 is 17.5 Å². The predicted molar refractivity (Wildman–Crippen MR) is 116 cm³/mol. The maximum absolute atomic E-state index is 13.0. The van der Waals surface area contributed by atoms with E-state index >= 15 is 0 Å². The number of nitrogens with one attached hydrogen (secondary N) is 1. The fourth-order valence-corrected chi connectivity index (χ4v) is 3.70. The van der Waals surface area contributed by atoms with Crippen LogP contribution >= 0.6 is 11.6 Å². The second kappa shape index (κ2) is 11.1. The van der Waals surface area contributed by atoms with Gasteiger partial charge in [0.15, 0.2) is 0 Å². The second-order valence-electron chi connectivity index (χ2n) is 7.23. The minimum atomic E-state index is -0.286. The minimum absolute atomic E-state index is 0.0128. The monoisotopic (exact) mass is 413 g/mol. The van der Waals surface area contributed by atoms with E-state index in [-0.39, 0.29) is 17.9 Å². The molecule has 0 saturated carbocycles. The van der Waals surface area contributed by atoms with Gasteiger partial charge < -0.3 is 15.0 Å². The highest BCUT2D eigenvalue weighted by Gasteiger charge is 2.27. The highest BCUT2D eigenvalue weighted by Crippen LogP contribution is 2.24. The van der Waals surface area contributed by atoms with Gasteiger partial charge in [0.25, 0.3) is 0 Å². The molecule has 1 aromatic heterocycles. The first-order valence-corrected chi connectivity index (χ1v) is 10.4. The molecule has 29 heavy (non-hydrogen) atoms. The molecule has 6 heteroatoms. The van der Waals surface area contributed by atoms with Crippen molar-refractivity contribution in [2.24, 2.45) is 5.92 Å². The molecular weight excluding hydrogens is 386 g/mol.